The molecule has 0 spiro atoms. The van der Waals surface area contributed by atoms with Gasteiger partial charge in [0.2, 0.25) is 15.9 Å². The largest absolute Gasteiger partial charge is 0.326 e. The van der Waals surface area contributed by atoms with Gasteiger partial charge in [0, 0.05) is 12.2 Å². The van der Waals surface area contributed by atoms with Crippen LogP contribution in [0.25, 0.3) is 0 Å². The van der Waals surface area contributed by atoms with Crippen LogP contribution in [0.2, 0.25) is 5.02 Å². The van der Waals surface area contributed by atoms with Crippen molar-refractivity contribution in [3.63, 3.8) is 0 Å². The van der Waals surface area contributed by atoms with E-state index in [1.807, 2.05) is 6.92 Å². The molecule has 1 aromatic rings. The van der Waals surface area contributed by atoms with Gasteiger partial charge in [-0.15, -0.1) is 0 Å². The maximum absolute atomic E-state index is 12.1. The van der Waals surface area contributed by atoms with E-state index in [9.17, 15) is 13.2 Å². The summed E-state index contributed by atoms with van der Waals surface area (Å²) in [5, 5.41) is 6.21. The zero-order valence-electron chi connectivity index (χ0n) is 11.8. The summed E-state index contributed by atoms with van der Waals surface area (Å²) in [6, 6.07) is 4.67. The molecular formula is C13H18ClN3O3S. The maximum atomic E-state index is 12.1. The molecule has 1 saturated heterocycles. The van der Waals surface area contributed by atoms with E-state index in [0.29, 0.717) is 12.2 Å². The molecule has 0 radical (unpaired) electrons. The minimum Gasteiger partial charge on any atom is -0.326 e. The minimum atomic E-state index is -3.39. The highest BCUT2D eigenvalue weighted by Crippen LogP contribution is 2.27. The Morgan fingerprint density at radius 1 is 1.38 bits per heavy atom. The highest BCUT2D eigenvalue weighted by atomic mass is 35.5. The highest BCUT2D eigenvalue weighted by molar-refractivity contribution is 7.92. The van der Waals surface area contributed by atoms with Crippen molar-refractivity contribution in [3.8, 4) is 0 Å². The lowest BCUT2D eigenvalue weighted by molar-refractivity contribution is -0.120. The number of benzene rings is 1. The van der Waals surface area contributed by atoms with Crippen LogP contribution in [0.4, 0.5) is 11.4 Å². The van der Waals surface area contributed by atoms with E-state index in [4.69, 9.17) is 11.6 Å². The van der Waals surface area contributed by atoms with E-state index < -0.39 is 10.0 Å². The van der Waals surface area contributed by atoms with Gasteiger partial charge in [-0.1, -0.05) is 18.5 Å². The molecule has 6 nitrogen and oxygen atoms in total. The van der Waals surface area contributed by atoms with Crippen LogP contribution < -0.4 is 15.4 Å². The SMILES string of the molecule is C[C@@H]1CNC[C@H]1C(=O)Nc1ccc(NS(C)(=O)=O)c(Cl)c1. The van der Waals surface area contributed by atoms with Crippen molar-refractivity contribution in [1.29, 1.82) is 0 Å². The first kappa shape index (κ1) is 16.1. The summed E-state index contributed by atoms with van der Waals surface area (Å²) in [5.41, 5.74) is 0.830. The number of carbonyl (C=O) groups is 1. The lowest BCUT2D eigenvalue weighted by atomic mass is 9.97. The summed E-state index contributed by atoms with van der Waals surface area (Å²) in [5.74, 6) is 0.150. The van der Waals surface area contributed by atoms with Crippen LogP contribution in [0.1, 0.15) is 6.92 Å². The molecule has 21 heavy (non-hydrogen) atoms. The van der Waals surface area contributed by atoms with Gasteiger partial charge >= 0.3 is 0 Å². The molecule has 1 heterocycles. The van der Waals surface area contributed by atoms with Crippen LogP contribution >= 0.6 is 11.6 Å². The number of amides is 1. The number of anilines is 2. The van der Waals surface area contributed by atoms with E-state index in [0.717, 1.165) is 12.8 Å². The molecule has 8 heteroatoms. The fourth-order valence-electron chi connectivity index (χ4n) is 2.27. The summed E-state index contributed by atoms with van der Waals surface area (Å²) < 4.78 is 24.7. The zero-order chi connectivity index (χ0) is 15.6. The van der Waals surface area contributed by atoms with Crippen molar-refractivity contribution in [2.24, 2.45) is 11.8 Å². The number of halogens is 1. The first-order valence-electron chi connectivity index (χ1n) is 6.55. The summed E-state index contributed by atoms with van der Waals surface area (Å²) in [4.78, 5) is 12.1. The molecule has 1 aliphatic heterocycles. The maximum Gasteiger partial charge on any atom is 0.229 e. The number of rotatable bonds is 4. The fourth-order valence-corrected chi connectivity index (χ4v) is 3.13. The van der Waals surface area contributed by atoms with Crippen molar-refractivity contribution in [2.45, 2.75) is 6.92 Å². The molecule has 0 unspecified atom stereocenters. The summed E-state index contributed by atoms with van der Waals surface area (Å²) in [7, 11) is -3.39. The van der Waals surface area contributed by atoms with E-state index in [1.54, 1.807) is 6.07 Å². The summed E-state index contributed by atoms with van der Waals surface area (Å²) in [6.45, 7) is 3.51. The second-order valence-corrected chi connectivity index (χ2v) is 7.46. The molecule has 2 atom stereocenters. The molecule has 0 aromatic heterocycles. The van der Waals surface area contributed by atoms with E-state index >= 15 is 0 Å². The van der Waals surface area contributed by atoms with Crippen molar-refractivity contribution >= 4 is 38.9 Å². The average Bonchev–Trinajstić information content (AvgIpc) is 2.77. The first-order valence-corrected chi connectivity index (χ1v) is 8.82. The molecular weight excluding hydrogens is 314 g/mol. The molecule has 0 aliphatic carbocycles. The van der Waals surface area contributed by atoms with Gasteiger partial charge in [0.25, 0.3) is 0 Å². The molecule has 1 amide bonds. The van der Waals surface area contributed by atoms with Crippen LogP contribution in [-0.4, -0.2) is 33.7 Å². The number of carbonyl (C=O) groups excluding carboxylic acids is 1. The van der Waals surface area contributed by atoms with Crippen LogP contribution in [0, 0.1) is 11.8 Å². The van der Waals surface area contributed by atoms with Crippen molar-refractivity contribution in [3.05, 3.63) is 23.2 Å². The minimum absolute atomic E-state index is 0.0626. The van der Waals surface area contributed by atoms with Gasteiger partial charge in [-0.05, 0) is 30.7 Å². The molecule has 0 saturated carbocycles. The zero-order valence-corrected chi connectivity index (χ0v) is 13.4. The molecule has 1 aliphatic rings. The molecule has 1 fully saturated rings. The topological polar surface area (TPSA) is 87.3 Å². The van der Waals surface area contributed by atoms with Crippen LogP contribution in [0.3, 0.4) is 0 Å². The van der Waals surface area contributed by atoms with Gasteiger partial charge < -0.3 is 10.6 Å². The van der Waals surface area contributed by atoms with Gasteiger partial charge in [0.1, 0.15) is 0 Å². The van der Waals surface area contributed by atoms with Gasteiger partial charge in [0.15, 0.2) is 0 Å². The van der Waals surface area contributed by atoms with Gasteiger partial charge in [-0.25, -0.2) is 8.42 Å². The van der Waals surface area contributed by atoms with Gasteiger partial charge in [0.05, 0.1) is 22.9 Å². The molecule has 3 N–H and O–H groups in total. The Bertz CT molecular complexity index is 648. The third-order valence-corrected chi connectivity index (χ3v) is 4.29. The highest BCUT2D eigenvalue weighted by Gasteiger charge is 2.29. The Hall–Kier alpha value is -1.31. The third-order valence-electron chi connectivity index (χ3n) is 3.39. The Kier molecular flexibility index (Phi) is 4.75. The Morgan fingerprint density at radius 2 is 2.10 bits per heavy atom. The average molecular weight is 332 g/mol. The standard InChI is InChI=1S/C13H18ClN3O3S/c1-8-6-15-7-10(8)13(18)16-9-3-4-12(11(14)5-9)17-21(2,19)20/h3-5,8,10,15,17H,6-7H2,1-2H3,(H,16,18)/t8-,10-/m1/s1. The van der Waals surface area contributed by atoms with Crippen LogP contribution in [-0.2, 0) is 14.8 Å². The molecule has 0 bridgehead atoms. The predicted molar refractivity (Wildman–Crippen MR) is 84.1 cm³/mol. The Labute approximate surface area is 129 Å². The van der Waals surface area contributed by atoms with E-state index in [2.05, 4.69) is 15.4 Å². The normalized spacial score (nSPS) is 22.0. The van der Waals surface area contributed by atoms with E-state index in [1.165, 1.54) is 12.1 Å². The first-order chi connectivity index (χ1) is 9.76. The second-order valence-electron chi connectivity index (χ2n) is 5.30. The fraction of sp³-hybridized carbons (Fsp3) is 0.462. The van der Waals surface area contributed by atoms with Crippen molar-refractivity contribution in [2.75, 3.05) is 29.4 Å². The predicted octanol–water partition coefficient (Wildman–Crippen LogP) is 1.51. The third kappa shape index (κ3) is 4.33. The number of hydrogen-bond donors (Lipinski definition) is 3. The number of nitrogens with one attached hydrogen (secondary N) is 3. The quantitative estimate of drug-likeness (QED) is 0.780. The Balaban J connectivity index is 2.08. The number of hydrogen-bond acceptors (Lipinski definition) is 4. The summed E-state index contributed by atoms with van der Waals surface area (Å²) in [6.07, 6.45) is 1.05. The number of sulfonamides is 1. The van der Waals surface area contributed by atoms with Crippen molar-refractivity contribution < 1.29 is 13.2 Å². The van der Waals surface area contributed by atoms with Crippen LogP contribution in [0.5, 0.6) is 0 Å². The van der Waals surface area contributed by atoms with Crippen molar-refractivity contribution in [1.82, 2.24) is 5.32 Å². The second kappa shape index (κ2) is 6.21. The molecule has 2 rings (SSSR count). The summed E-state index contributed by atoms with van der Waals surface area (Å²) >= 11 is 6.02. The lowest BCUT2D eigenvalue weighted by Crippen LogP contribution is -2.27. The van der Waals surface area contributed by atoms with E-state index in [-0.39, 0.29) is 28.5 Å². The van der Waals surface area contributed by atoms with Gasteiger partial charge in [-0.2, -0.15) is 0 Å². The monoisotopic (exact) mass is 331 g/mol. The molecule has 1 aromatic carbocycles. The smallest absolute Gasteiger partial charge is 0.229 e. The Morgan fingerprint density at radius 3 is 2.62 bits per heavy atom. The van der Waals surface area contributed by atoms with Gasteiger partial charge in [-0.3, -0.25) is 9.52 Å². The molecule has 116 valence electrons. The lowest BCUT2D eigenvalue weighted by Gasteiger charge is -2.15. The van der Waals surface area contributed by atoms with Crippen LogP contribution in [0.15, 0.2) is 18.2 Å².